The molecule has 28 heavy (non-hydrogen) atoms. The van der Waals surface area contributed by atoms with Gasteiger partial charge in [0.05, 0.1) is 0 Å². The van der Waals surface area contributed by atoms with Gasteiger partial charge in [-0.1, -0.05) is 75.2 Å². The predicted octanol–water partition coefficient (Wildman–Crippen LogP) is 7.20. The van der Waals surface area contributed by atoms with Crippen LogP contribution in [0.4, 0.5) is 0 Å². The number of ketones is 1. The van der Waals surface area contributed by atoms with E-state index in [1.807, 2.05) is 0 Å². The predicted molar refractivity (Wildman–Crippen MR) is 120 cm³/mol. The lowest BCUT2D eigenvalue weighted by atomic mass is 9.97. The van der Waals surface area contributed by atoms with Gasteiger partial charge < -0.3 is 0 Å². The zero-order valence-corrected chi connectivity index (χ0v) is 17.3. The van der Waals surface area contributed by atoms with Gasteiger partial charge >= 0.3 is 0 Å². The summed E-state index contributed by atoms with van der Waals surface area (Å²) >= 11 is 0. The van der Waals surface area contributed by atoms with Gasteiger partial charge in [0.15, 0.2) is 5.78 Å². The number of carbonyl (C=O) groups is 1. The van der Waals surface area contributed by atoms with Gasteiger partial charge in [-0.25, -0.2) is 0 Å². The zero-order valence-electron chi connectivity index (χ0n) is 17.3. The summed E-state index contributed by atoms with van der Waals surface area (Å²) in [4.78, 5) is 13.2. The molecule has 1 heteroatoms. The van der Waals surface area contributed by atoms with Crippen molar-refractivity contribution in [2.75, 3.05) is 0 Å². The fraction of sp³-hybridized carbons (Fsp3) is 0.370. The Bertz CT molecular complexity index is 763. The van der Waals surface area contributed by atoms with Crippen molar-refractivity contribution in [1.29, 1.82) is 0 Å². The zero-order chi connectivity index (χ0) is 19.8. The summed E-state index contributed by atoms with van der Waals surface area (Å²) in [5.41, 5.74) is 6.90. The molecule has 0 N–H and O–H groups in total. The van der Waals surface area contributed by atoms with Gasteiger partial charge in [-0.3, -0.25) is 4.79 Å². The van der Waals surface area contributed by atoms with Crippen molar-refractivity contribution in [2.45, 2.75) is 65.2 Å². The molecule has 2 aromatic rings. The highest BCUT2D eigenvalue weighted by Gasteiger charge is 2.18. The van der Waals surface area contributed by atoms with Crippen molar-refractivity contribution in [2.24, 2.45) is 0 Å². The number of aryl methyl sites for hydroxylation is 2. The van der Waals surface area contributed by atoms with E-state index < -0.39 is 0 Å². The molecule has 1 aliphatic rings. The Kier molecular flexibility index (Phi) is 7.42. The van der Waals surface area contributed by atoms with Crippen molar-refractivity contribution >= 4 is 17.9 Å². The number of hydrogen-bond donors (Lipinski definition) is 0. The molecular formula is C27H32O. The number of carbonyl (C=O) groups excluding carboxylic acids is 1. The van der Waals surface area contributed by atoms with E-state index in [9.17, 15) is 4.79 Å². The van der Waals surface area contributed by atoms with Crippen molar-refractivity contribution in [3.05, 3.63) is 81.9 Å². The first kappa shape index (κ1) is 20.3. The normalized spacial score (nSPS) is 17.9. The molecule has 0 bridgehead atoms. The molecule has 0 spiro atoms. The lowest BCUT2D eigenvalue weighted by molar-refractivity contribution is -0.112. The number of Topliss-reactive ketones (excluding diaryl/α,β-unsaturated/α-hetero) is 1. The van der Waals surface area contributed by atoms with Crippen molar-refractivity contribution in [1.82, 2.24) is 0 Å². The van der Waals surface area contributed by atoms with Crippen molar-refractivity contribution in [3.8, 4) is 0 Å². The maximum absolute atomic E-state index is 13.2. The van der Waals surface area contributed by atoms with E-state index in [4.69, 9.17) is 0 Å². The third kappa shape index (κ3) is 5.55. The molecule has 2 aromatic carbocycles. The van der Waals surface area contributed by atoms with Gasteiger partial charge in [0.2, 0.25) is 0 Å². The number of rotatable bonds is 6. The van der Waals surface area contributed by atoms with Gasteiger partial charge in [0.1, 0.15) is 0 Å². The maximum Gasteiger partial charge on any atom is 0.185 e. The minimum Gasteiger partial charge on any atom is -0.289 e. The second-order valence-corrected chi connectivity index (χ2v) is 7.86. The molecule has 0 saturated heterocycles. The van der Waals surface area contributed by atoms with Gasteiger partial charge in [-0.15, -0.1) is 0 Å². The molecule has 1 aliphatic carbocycles. The molecule has 0 heterocycles. The summed E-state index contributed by atoms with van der Waals surface area (Å²) in [6.07, 6.45) is 12.7. The second-order valence-electron chi connectivity index (χ2n) is 7.86. The Morgan fingerprint density at radius 3 is 1.43 bits per heavy atom. The second kappa shape index (κ2) is 10.2. The quantitative estimate of drug-likeness (QED) is 0.387. The average molecular weight is 373 g/mol. The van der Waals surface area contributed by atoms with Crippen LogP contribution in [0.1, 0.15) is 74.6 Å². The molecule has 1 nitrogen and oxygen atoms in total. The fourth-order valence-corrected chi connectivity index (χ4v) is 3.88. The molecule has 0 aromatic heterocycles. The van der Waals surface area contributed by atoms with Crippen molar-refractivity contribution < 1.29 is 4.79 Å². The summed E-state index contributed by atoms with van der Waals surface area (Å²) in [7, 11) is 0. The Hall–Kier alpha value is -2.41. The van der Waals surface area contributed by atoms with E-state index in [0.29, 0.717) is 0 Å². The third-order valence-electron chi connectivity index (χ3n) is 5.44. The SMILES string of the molecule is CCCc1ccc(/C=C2/CCCC/C(=C\c3ccc(CCC)cc3)C2=O)cc1. The van der Waals surface area contributed by atoms with Gasteiger partial charge in [-0.05, 0) is 72.9 Å². The van der Waals surface area contributed by atoms with Crippen LogP contribution >= 0.6 is 0 Å². The molecule has 0 radical (unpaired) electrons. The molecule has 0 amide bonds. The van der Waals surface area contributed by atoms with Crippen LogP contribution < -0.4 is 0 Å². The maximum atomic E-state index is 13.2. The van der Waals surface area contributed by atoms with Crippen LogP contribution in [-0.2, 0) is 17.6 Å². The molecule has 0 unspecified atom stereocenters. The van der Waals surface area contributed by atoms with E-state index in [-0.39, 0.29) is 5.78 Å². The molecule has 3 rings (SSSR count). The van der Waals surface area contributed by atoms with Crippen LogP contribution in [-0.4, -0.2) is 5.78 Å². The smallest absolute Gasteiger partial charge is 0.185 e. The molecular weight excluding hydrogens is 340 g/mol. The summed E-state index contributed by atoms with van der Waals surface area (Å²) in [6.45, 7) is 4.40. The Morgan fingerprint density at radius 2 is 1.07 bits per heavy atom. The Balaban J connectivity index is 1.80. The third-order valence-corrected chi connectivity index (χ3v) is 5.44. The summed E-state index contributed by atoms with van der Waals surface area (Å²) in [5.74, 6) is 0.229. The van der Waals surface area contributed by atoms with E-state index in [2.05, 4.69) is 74.5 Å². The Labute approximate surface area is 170 Å². The minimum absolute atomic E-state index is 0.229. The average Bonchev–Trinajstić information content (AvgIpc) is 2.87. The molecule has 146 valence electrons. The minimum atomic E-state index is 0.229. The highest BCUT2D eigenvalue weighted by Crippen LogP contribution is 2.27. The summed E-state index contributed by atoms with van der Waals surface area (Å²) in [6, 6.07) is 17.3. The van der Waals surface area contributed by atoms with Crippen LogP contribution in [0.15, 0.2) is 59.7 Å². The van der Waals surface area contributed by atoms with Crippen LogP contribution in [0.3, 0.4) is 0 Å². The largest absolute Gasteiger partial charge is 0.289 e. The highest BCUT2D eigenvalue weighted by atomic mass is 16.1. The van der Waals surface area contributed by atoms with E-state index in [1.165, 1.54) is 11.1 Å². The molecule has 1 fully saturated rings. The summed E-state index contributed by atoms with van der Waals surface area (Å²) in [5, 5.41) is 0. The van der Waals surface area contributed by atoms with Crippen LogP contribution in [0.5, 0.6) is 0 Å². The number of allylic oxidation sites excluding steroid dienone is 2. The van der Waals surface area contributed by atoms with Gasteiger partial charge in [0.25, 0.3) is 0 Å². The monoisotopic (exact) mass is 372 g/mol. The van der Waals surface area contributed by atoms with E-state index in [0.717, 1.165) is 73.6 Å². The van der Waals surface area contributed by atoms with E-state index >= 15 is 0 Å². The molecule has 0 atom stereocenters. The highest BCUT2D eigenvalue weighted by molar-refractivity contribution is 6.13. The van der Waals surface area contributed by atoms with Gasteiger partial charge in [-0.2, -0.15) is 0 Å². The molecule has 0 aliphatic heterocycles. The first-order valence-corrected chi connectivity index (χ1v) is 10.8. The molecule has 1 saturated carbocycles. The fourth-order valence-electron chi connectivity index (χ4n) is 3.88. The lowest BCUT2D eigenvalue weighted by Gasteiger charge is -2.07. The first-order valence-electron chi connectivity index (χ1n) is 10.8. The number of hydrogen-bond acceptors (Lipinski definition) is 1. The van der Waals surface area contributed by atoms with Crippen LogP contribution in [0.25, 0.3) is 12.2 Å². The van der Waals surface area contributed by atoms with Crippen LogP contribution in [0, 0.1) is 0 Å². The Morgan fingerprint density at radius 1 is 0.679 bits per heavy atom. The lowest BCUT2D eigenvalue weighted by Crippen LogP contribution is -2.04. The van der Waals surface area contributed by atoms with Crippen LogP contribution in [0.2, 0.25) is 0 Å². The standard InChI is InChI=1S/C27H32O/c1-3-7-21-11-15-23(16-12-21)19-25-9-5-6-10-26(27(25)28)20-24-17-13-22(8-4-2)14-18-24/h11-20H,3-10H2,1-2H3/b25-19-,26-20+. The number of benzene rings is 2. The topological polar surface area (TPSA) is 17.1 Å². The van der Waals surface area contributed by atoms with E-state index in [1.54, 1.807) is 0 Å². The summed E-state index contributed by atoms with van der Waals surface area (Å²) < 4.78 is 0. The van der Waals surface area contributed by atoms with Crippen molar-refractivity contribution in [3.63, 3.8) is 0 Å². The van der Waals surface area contributed by atoms with Gasteiger partial charge in [0, 0.05) is 11.1 Å². The first-order chi connectivity index (χ1) is 13.7.